The average molecular weight is 588 g/mol. The van der Waals surface area contributed by atoms with E-state index in [0.29, 0.717) is 0 Å². The Labute approximate surface area is 266 Å². The lowest BCUT2D eigenvalue weighted by atomic mass is 10.0. The molecule has 0 saturated heterocycles. The molecule has 0 aromatic carbocycles. The van der Waals surface area contributed by atoms with E-state index in [4.69, 9.17) is 0 Å². The molecule has 1 aromatic heterocycles. The molecule has 0 N–H and O–H groups in total. The lowest BCUT2D eigenvalue weighted by Gasteiger charge is -2.07. The van der Waals surface area contributed by atoms with Crippen molar-refractivity contribution in [2.75, 3.05) is 0 Å². The van der Waals surface area contributed by atoms with Gasteiger partial charge in [-0.05, 0) is 32.1 Å². The van der Waals surface area contributed by atoms with E-state index in [0.717, 1.165) is 0 Å². The molecule has 42 heavy (non-hydrogen) atoms. The quantitative estimate of drug-likeness (QED) is 0.0560. The zero-order chi connectivity index (χ0) is 30.2. The van der Waals surface area contributed by atoms with Gasteiger partial charge in [0.2, 0.25) is 0 Å². The highest BCUT2D eigenvalue weighted by atomic mass is 15.1. The van der Waals surface area contributed by atoms with Crippen molar-refractivity contribution in [3.8, 4) is 0 Å². The predicted molar refractivity (Wildman–Crippen MR) is 188 cm³/mol. The fourth-order valence-electron chi connectivity index (χ4n) is 6.68. The minimum absolute atomic E-state index is 1.22. The molecular weight excluding hydrogens is 508 g/mol. The monoisotopic (exact) mass is 588 g/mol. The normalized spacial score (nSPS) is 11.6. The number of nitrogens with zero attached hydrogens (tertiary/aromatic N) is 2. The molecule has 2 nitrogen and oxygen atoms in total. The highest BCUT2D eigenvalue weighted by Crippen LogP contribution is 2.15. The van der Waals surface area contributed by atoms with Crippen LogP contribution in [0.25, 0.3) is 0 Å². The van der Waals surface area contributed by atoms with Crippen molar-refractivity contribution < 1.29 is 4.57 Å². The molecule has 0 unspecified atom stereocenters. The van der Waals surface area contributed by atoms with Crippen molar-refractivity contribution in [1.82, 2.24) is 4.57 Å². The van der Waals surface area contributed by atoms with Crippen molar-refractivity contribution >= 4 is 0 Å². The number of aryl methyl sites for hydroxylation is 2. The molecule has 0 aliphatic heterocycles. The third-order valence-electron chi connectivity index (χ3n) is 9.60. The number of unbranched alkanes of at least 4 members (excludes halogenated alkanes) is 28. The average Bonchev–Trinajstić information content (AvgIpc) is 3.38. The van der Waals surface area contributed by atoms with Crippen LogP contribution in [0.1, 0.15) is 226 Å². The summed E-state index contributed by atoms with van der Waals surface area (Å²) in [5.74, 6) is 1.61. The maximum absolute atomic E-state index is 2.62. The SMILES string of the molecule is CCCCCCCCCCCCCCCCCCCc1n(CCCCCC)cc[n+]1CCCCCCCCCCCC. The van der Waals surface area contributed by atoms with Gasteiger partial charge >= 0.3 is 0 Å². The molecule has 1 rings (SSSR count). The van der Waals surface area contributed by atoms with Gasteiger partial charge in [0.1, 0.15) is 12.4 Å². The Kier molecular flexibility index (Phi) is 29.5. The number of hydrogen-bond acceptors (Lipinski definition) is 0. The Bertz CT molecular complexity index is 648. The van der Waals surface area contributed by atoms with Gasteiger partial charge in [-0.1, -0.05) is 188 Å². The van der Waals surface area contributed by atoms with Gasteiger partial charge in [-0.15, -0.1) is 0 Å². The van der Waals surface area contributed by atoms with Crippen molar-refractivity contribution in [3.05, 3.63) is 18.2 Å². The number of imidazole rings is 1. The summed E-state index contributed by atoms with van der Waals surface area (Å²) >= 11 is 0. The van der Waals surface area contributed by atoms with E-state index in [1.807, 2.05) is 0 Å². The number of aromatic nitrogens is 2. The van der Waals surface area contributed by atoms with Crippen LogP contribution in [0.15, 0.2) is 12.4 Å². The van der Waals surface area contributed by atoms with Gasteiger partial charge in [-0.2, -0.15) is 0 Å². The van der Waals surface area contributed by atoms with E-state index < -0.39 is 0 Å². The first-order valence-corrected chi connectivity index (χ1v) is 19.9. The molecule has 0 saturated carbocycles. The second kappa shape index (κ2) is 31.6. The Morgan fingerprint density at radius 3 is 1.14 bits per heavy atom. The summed E-state index contributed by atoms with van der Waals surface area (Å²) in [5, 5.41) is 0. The lowest BCUT2D eigenvalue weighted by Crippen LogP contribution is -2.37. The summed E-state index contributed by atoms with van der Waals surface area (Å²) in [5.41, 5.74) is 0. The molecule has 248 valence electrons. The summed E-state index contributed by atoms with van der Waals surface area (Å²) in [4.78, 5) is 0. The number of hydrogen-bond donors (Lipinski definition) is 0. The van der Waals surface area contributed by atoms with E-state index in [1.165, 1.54) is 219 Å². The Morgan fingerprint density at radius 1 is 0.405 bits per heavy atom. The molecule has 1 aromatic rings. The van der Waals surface area contributed by atoms with Gasteiger partial charge in [0.25, 0.3) is 5.82 Å². The van der Waals surface area contributed by atoms with Crippen LogP contribution < -0.4 is 4.57 Å². The van der Waals surface area contributed by atoms with Crippen molar-refractivity contribution in [3.63, 3.8) is 0 Å². The van der Waals surface area contributed by atoms with E-state index in [2.05, 4.69) is 42.3 Å². The van der Waals surface area contributed by atoms with Gasteiger partial charge in [0, 0.05) is 6.42 Å². The van der Waals surface area contributed by atoms with E-state index in [9.17, 15) is 0 Å². The Balaban J connectivity index is 2.14. The van der Waals surface area contributed by atoms with Crippen molar-refractivity contribution in [2.45, 2.75) is 239 Å². The molecule has 0 aliphatic rings. The van der Waals surface area contributed by atoms with Gasteiger partial charge < -0.3 is 0 Å². The fraction of sp³-hybridized carbons (Fsp3) is 0.925. The minimum atomic E-state index is 1.22. The van der Waals surface area contributed by atoms with Gasteiger partial charge in [0.05, 0.1) is 13.1 Å². The summed E-state index contributed by atoms with van der Waals surface area (Å²) < 4.78 is 5.23. The Hall–Kier alpha value is -0.790. The van der Waals surface area contributed by atoms with Crippen molar-refractivity contribution in [1.29, 1.82) is 0 Å². The first kappa shape index (κ1) is 39.2. The van der Waals surface area contributed by atoms with Crippen LogP contribution in [0.3, 0.4) is 0 Å². The topological polar surface area (TPSA) is 8.81 Å². The first-order chi connectivity index (χ1) is 20.8. The zero-order valence-electron chi connectivity index (χ0n) is 29.6. The van der Waals surface area contributed by atoms with Crippen LogP contribution in [0.2, 0.25) is 0 Å². The maximum Gasteiger partial charge on any atom is 0.256 e. The van der Waals surface area contributed by atoms with E-state index in [-0.39, 0.29) is 0 Å². The summed E-state index contributed by atoms with van der Waals surface area (Å²) in [7, 11) is 0. The van der Waals surface area contributed by atoms with Crippen LogP contribution in [0.4, 0.5) is 0 Å². The molecule has 0 bridgehead atoms. The maximum atomic E-state index is 2.62. The molecule has 0 spiro atoms. The van der Waals surface area contributed by atoms with Gasteiger partial charge in [-0.3, -0.25) is 0 Å². The highest BCUT2D eigenvalue weighted by Gasteiger charge is 2.16. The molecule has 0 aliphatic carbocycles. The third kappa shape index (κ3) is 23.6. The van der Waals surface area contributed by atoms with Gasteiger partial charge in [0.15, 0.2) is 0 Å². The largest absolute Gasteiger partial charge is 0.256 e. The predicted octanol–water partition coefficient (Wildman–Crippen LogP) is 13.5. The summed E-state index contributed by atoms with van der Waals surface area (Å²) in [6.45, 7) is 9.39. The molecule has 0 radical (unpaired) electrons. The lowest BCUT2D eigenvalue weighted by molar-refractivity contribution is -0.704. The Morgan fingerprint density at radius 2 is 0.738 bits per heavy atom. The standard InChI is InChI=1S/C40H79N2/c1-4-7-10-13-15-17-19-20-21-22-23-24-25-26-28-30-32-35-40-41(36-33-12-9-6-3)38-39-42(40)37-34-31-29-27-18-16-14-11-8-5-2/h38-39H,4-37H2,1-3H3/q+1. The van der Waals surface area contributed by atoms with Gasteiger partial charge in [-0.25, -0.2) is 9.13 Å². The second-order valence-electron chi connectivity index (χ2n) is 13.8. The molecule has 0 amide bonds. The molecule has 0 fully saturated rings. The summed E-state index contributed by atoms with van der Waals surface area (Å²) in [6, 6.07) is 0. The molecule has 0 atom stereocenters. The minimum Gasteiger partial charge on any atom is -0.234 e. The van der Waals surface area contributed by atoms with E-state index in [1.54, 1.807) is 5.82 Å². The zero-order valence-corrected chi connectivity index (χ0v) is 29.6. The first-order valence-electron chi connectivity index (χ1n) is 19.9. The summed E-state index contributed by atoms with van der Waals surface area (Å²) in [6.07, 6.45) is 50.4. The van der Waals surface area contributed by atoms with Crippen LogP contribution in [-0.2, 0) is 19.5 Å². The van der Waals surface area contributed by atoms with Crippen LogP contribution in [0, 0.1) is 0 Å². The third-order valence-corrected chi connectivity index (χ3v) is 9.60. The second-order valence-corrected chi connectivity index (χ2v) is 13.8. The smallest absolute Gasteiger partial charge is 0.234 e. The van der Waals surface area contributed by atoms with Crippen LogP contribution in [-0.4, -0.2) is 4.57 Å². The molecule has 1 heterocycles. The number of rotatable bonds is 34. The molecule has 2 heteroatoms. The van der Waals surface area contributed by atoms with Crippen LogP contribution >= 0.6 is 0 Å². The molecular formula is C40H79N2+. The van der Waals surface area contributed by atoms with Crippen LogP contribution in [0.5, 0.6) is 0 Å². The van der Waals surface area contributed by atoms with Crippen molar-refractivity contribution in [2.24, 2.45) is 0 Å². The van der Waals surface area contributed by atoms with E-state index >= 15 is 0 Å². The fourth-order valence-corrected chi connectivity index (χ4v) is 6.68. The highest BCUT2D eigenvalue weighted by molar-refractivity contribution is 4.84.